The molecule has 17 heavy (non-hydrogen) atoms. The SMILES string of the molecule is CC(=O)SC1CC(=O)N(CCc2cccs2)C1. The third kappa shape index (κ3) is 3.57. The fourth-order valence-corrected chi connectivity index (χ4v) is 3.61. The molecule has 1 aliphatic heterocycles. The Morgan fingerprint density at radius 3 is 3.12 bits per heavy atom. The number of nitrogens with zero attached hydrogens (tertiary/aromatic N) is 1. The van der Waals surface area contributed by atoms with E-state index in [0.29, 0.717) is 13.0 Å². The van der Waals surface area contributed by atoms with Crippen molar-refractivity contribution in [2.75, 3.05) is 13.1 Å². The summed E-state index contributed by atoms with van der Waals surface area (Å²) in [6.45, 7) is 3.05. The van der Waals surface area contributed by atoms with Crippen molar-refractivity contribution in [2.45, 2.75) is 25.0 Å². The van der Waals surface area contributed by atoms with E-state index in [0.717, 1.165) is 13.0 Å². The smallest absolute Gasteiger partial charge is 0.223 e. The van der Waals surface area contributed by atoms with Crippen LogP contribution in [-0.2, 0) is 16.0 Å². The van der Waals surface area contributed by atoms with Gasteiger partial charge in [0.25, 0.3) is 0 Å². The molecule has 5 heteroatoms. The second-order valence-electron chi connectivity index (χ2n) is 4.10. The molecular formula is C12H15NO2S2. The van der Waals surface area contributed by atoms with E-state index in [2.05, 4.69) is 11.4 Å². The molecule has 1 unspecified atom stereocenters. The van der Waals surface area contributed by atoms with E-state index in [9.17, 15) is 9.59 Å². The lowest BCUT2D eigenvalue weighted by Gasteiger charge is -2.15. The lowest BCUT2D eigenvalue weighted by atomic mass is 10.3. The van der Waals surface area contributed by atoms with Gasteiger partial charge in [0.2, 0.25) is 5.91 Å². The van der Waals surface area contributed by atoms with Crippen molar-refractivity contribution in [1.82, 2.24) is 4.90 Å². The summed E-state index contributed by atoms with van der Waals surface area (Å²) in [5, 5.41) is 2.31. The highest BCUT2D eigenvalue weighted by molar-refractivity contribution is 8.14. The van der Waals surface area contributed by atoms with Gasteiger partial charge in [0, 0.05) is 36.6 Å². The maximum atomic E-state index is 11.7. The zero-order valence-corrected chi connectivity index (χ0v) is 11.4. The van der Waals surface area contributed by atoms with Crippen molar-refractivity contribution in [3.05, 3.63) is 22.4 Å². The first-order chi connectivity index (χ1) is 8.15. The van der Waals surface area contributed by atoms with Crippen molar-refractivity contribution in [2.24, 2.45) is 0 Å². The number of likely N-dealkylation sites (tertiary alicyclic amines) is 1. The lowest BCUT2D eigenvalue weighted by Crippen LogP contribution is -2.27. The fraction of sp³-hybridized carbons (Fsp3) is 0.500. The molecule has 3 nitrogen and oxygen atoms in total. The molecule has 1 fully saturated rings. The third-order valence-electron chi connectivity index (χ3n) is 2.72. The number of carbonyl (C=O) groups is 2. The van der Waals surface area contributed by atoms with Gasteiger partial charge < -0.3 is 4.90 Å². The molecule has 1 amide bonds. The van der Waals surface area contributed by atoms with Crippen LogP contribution in [0.1, 0.15) is 18.2 Å². The van der Waals surface area contributed by atoms with Crippen LogP contribution in [0.3, 0.4) is 0 Å². The van der Waals surface area contributed by atoms with Gasteiger partial charge in [0.1, 0.15) is 0 Å². The van der Waals surface area contributed by atoms with Gasteiger partial charge in [-0.15, -0.1) is 11.3 Å². The van der Waals surface area contributed by atoms with Crippen LogP contribution < -0.4 is 0 Å². The Morgan fingerprint density at radius 2 is 2.47 bits per heavy atom. The minimum Gasteiger partial charge on any atom is -0.341 e. The summed E-state index contributed by atoms with van der Waals surface area (Å²) in [6.07, 6.45) is 1.43. The Labute approximate surface area is 109 Å². The number of carbonyl (C=O) groups excluding carboxylic acids is 2. The number of thioether (sulfide) groups is 1. The molecule has 0 bridgehead atoms. The van der Waals surface area contributed by atoms with Crippen LogP contribution in [0.25, 0.3) is 0 Å². The van der Waals surface area contributed by atoms with Gasteiger partial charge in [0.05, 0.1) is 0 Å². The maximum Gasteiger partial charge on any atom is 0.223 e. The summed E-state index contributed by atoms with van der Waals surface area (Å²) in [7, 11) is 0. The fourth-order valence-electron chi connectivity index (χ4n) is 1.97. The molecule has 1 atom stereocenters. The zero-order chi connectivity index (χ0) is 12.3. The Hall–Kier alpha value is -0.810. The number of amides is 1. The Kier molecular flexibility index (Phi) is 4.23. The Balaban J connectivity index is 1.82. The first kappa shape index (κ1) is 12.6. The zero-order valence-electron chi connectivity index (χ0n) is 9.72. The summed E-state index contributed by atoms with van der Waals surface area (Å²) in [4.78, 5) is 25.9. The van der Waals surface area contributed by atoms with E-state index in [1.54, 1.807) is 18.3 Å². The third-order valence-corrected chi connectivity index (χ3v) is 4.64. The molecule has 0 N–H and O–H groups in total. The minimum absolute atomic E-state index is 0.0999. The highest BCUT2D eigenvalue weighted by Crippen LogP contribution is 2.24. The van der Waals surface area contributed by atoms with Gasteiger partial charge >= 0.3 is 0 Å². The first-order valence-corrected chi connectivity index (χ1v) is 7.38. The van der Waals surface area contributed by atoms with Crippen LogP contribution in [0.2, 0.25) is 0 Å². The average molecular weight is 269 g/mol. The summed E-state index contributed by atoms with van der Waals surface area (Å²) in [5.74, 6) is 0.181. The molecule has 2 rings (SSSR count). The molecule has 92 valence electrons. The monoisotopic (exact) mass is 269 g/mol. The van der Waals surface area contributed by atoms with Crippen LogP contribution in [0.5, 0.6) is 0 Å². The highest BCUT2D eigenvalue weighted by atomic mass is 32.2. The number of rotatable bonds is 4. The Bertz CT molecular complexity index is 403. The van der Waals surface area contributed by atoms with Crippen molar-refractivity contribution in [3.8, 4) is 0 Å². The summed E-state index contributed by atoms with van der Waals surface area (Å²) in [5.41, 5.74) is 0. The predicted molar refractivity (Wildman–Crippen MR) is 71.3 cm³/mol. The summed E-state index contributed by atoms with van der Waals surface area (Å²) >= 11 is 3.02. The van der Waals surface area contributed by atoms with Crippen molar-refractivity contribution >= 4 is 34.1 Å². The van der Waals surface area contributed by atoms with E-state index >= 15 is 0 Å². The molecule has 1 aliphatic rings. The van der Waals surface area contributed by atoms with Crippen LogP contribution in [-0.4, -0.2) is 34.3 Å². The molecular weight excluding hydrogens is 254 g/mol. The van der Waals surface area contributed by atoms with Gasteiger partial charge in [-0.1, -0.05) is 17.8 Å². The molecule has 1 aromatic heterocycles. The minimum atomic E-state index is 0.0999. The number of hydrogen-bond donors (Lipinski definition) is 0. The van der Waals surface area contributed by atoms with Gasteiger partial charge in [0.15, 0.2) is 5.12 Å². The summed E-state index contributed by atoms with van der Waals surface area (Å²) in [6, 6.07) is 4.12. The first-order valence-electron chi connectivity index (χ1n) is 5.62. The highest BCUT2D eigenvalue weighted by Gasteiger charge is 2.30. The quantitative estimate of drug-likeness (QED) is 0.840. The standard InChI is InChI=1S/C12H15NO2S2/c1-9(14)17-11-7-12(15)13(8-11)5-4-10-3-2-6-16-10/h2-3,6,11H,4-5,7-8H2,1H3. The van der Waals surface area contributed by atoms with Crippen molar-refractivity contribution < 1.29 is 9.59 Å². The molecule has 1 aromatic rings. The Morgan fingerprint density at radius 1 is 1.65 bits per heavy atom. The van der Waals surface area contributed by atoms with E-state index in [1.807, 2.05) is 11.0 Å². The normalized spacial score (nSPS) is 19.9. The van der Waals surface area contributed by atoms with Crippen LogP contribution in [0, 0.1) is 0 Å². The molecule has 2 heterocycles. The van der Waals surface area contributed by atoms with Crippen LogP contribution in [0.4, 0.5) is 0 Å². The molecule has 0 spiro atoms. The van der Waals surface area contributed by atoms with E-state index in [4.69, 9.17) is 0 Å². The summed E-state index contributed by atoms with van der Waals surface area (Å²) < 4.78 is 0. The van der Waals surface area contributed by atoms with Gasteiger partial charge in [-0.2, -0.15) is 0 Å². The van der Waals surface area contributed by atoms with Gasteiger partial charge in [-0.05, 0) is 17.9 Å². The van der Waals surface area contributed by atoms with Gasteiger partial charge in [-0.25, -0.2) is 0 Å². The molecule has 1 saturated heterocycles. The molecule has 0 saturated carbocycles. The van der Waals surface area contributed by atoms with E-state index in [1.165, 1.54) is 16.6 Å². The van der Waals surface area contributed by atoms with Crippen molar-refractivity contribution in [1.29, 1.82) is 0 Å². The molecule has 0 aromatic carbocycles. The number of thiophene rings is 1. The largest absolute Gasteiger partial charge is 0.341 e. The second-order valence-corrected chi connectivity index (χ2v) is 6.61. The lowest BCUT2D eigenvalue weighted by molar-refractivity contribution is -0.127. The van der Waals surface area contributed by atoms with E-state index in [-0.39, 0.29) is 16.3 Å². The van der Waals surface area contributed by atoms with E-state index < -0.39 is 0 Å². The molecule has 0 radical (unpaired) electrons. The maximum absolute atomic E-state index is 11.7. The predicted octanol–water partition coefficient (Wildman–Crippen LogP) is 2.17. The van der Waals surface area contributed by atoms with Crippen LogP contribution in [0.15, 0.2) is 17.5 Å². The topological polar surface area (TPSA) is 37.4 Å². The average Bonchev–Trinajstić information content (AvgIpc) is 2.84. The number of hydrogen-bond acceptors (Lipinski definition) is 4. The van der Waals surface area contributed by atoms with Gasteiger partial charge in [-0.3, -0.25) is 9.59 Å². The van der Waals surface area contributed by atoms with Crippen LogP contribution >= 0.6 is 23.1 Å². The van der Waals surface area contributed by atoms with Crippen molar-refractivity contribution in [3.63, 3.8) is 0 Å². The second kappa shape index (κ2) is 5.69. The molecule has 0 aliphatic carbocycles.